The molecule has 0 amide bonds. The second-order valence-electron chi connectivity index (χ2n) is 6.80. The number of nitrogens with zero attached hydrogens (tertiary/aromatic N) is 3. The second kappa shape index (κ2) is 9.61. The first-order chi connectivity index (χ1) is 11.6. The first kappa shape index (κ1) is 24.2. The van der Waals surface area contributed by atoms with E-state index >= 15 is 0 Å². The summed E-state index contributed by atoms with van der Waals surface area (Å²) in [4.78, 5) is 6.06. The molecule has 0 atom stereocenters. The van der Waals surface area contributed by atoms with E-state index in [9.17, 15) is 16.8 Å². The van der Waals surface area contributed by atoms with Crippen LogP contribution in [0.25, 0.3) is 0 Å². The lowest BCUT2D eigenvalue weighted by molar-refractivity contribution is 0.354. The first-order valence-corrected chi connectivity index (χ1v) is 12.7. The number of nitrogens with one attached hydrogen (secondary N) is 1. The monoisotopic (exact) mass is 540 g/mol. The lowest BCUT2D eigenvalue weighted by Gasteiger charge is -2.39. The molecule has 2 heterocycles. The van der Waals surface area contributed by atoms with Gasteiger partial charge in [-0.25, -0.2) is 21.1 Å². The summed E-state index contributed by atoms with van der Waals surface area (Å²) in [6.07, 6.45) is 0. The average molecular weight is 541 g/mol. The molecule has 0 radical (unpaired) electrons. The van der Waals surface area contributed by atoms with E-state index in [0.717, 1.165) is 11.5 Å². The minimum atomic E-state index is -3.27. The molecular weight excluding hydrogens is 511 g/mol. The van der Waals surface area contributed by atoms with E-state index in [1.165, 1.54) is 0 Å². The van der Waals surface area contributed by atoms with Gasteiger partial charge in [-0.15, -0.1) is 24.0 Å². The van der Waals surface area contributed by atoms with Gasteiger partial charge < -0.3 is 10.2 Å². The number of halogens is 1. The molecule has 0 aromatic carbocycles. The molecule has 2 aliphatic rings. The van der Waals surface area contributed by atoms with Crippen LogP contribution in [0.4, 0.5) is 0 Å². The largest absolute Gasteiger partial charge is 0.355 e. The topological polar surface area (TPSA) is 99.2 Å². The van der Waals surface area contributed by atoms with Crippen molar-refractivity contribution in [2.45, 2.75) is 18.6 Å². The predicted octanol–water partition coefficient (Wildman–Crippen LogP) is 0.0674. The summed E-state index contributed by atoms with van der Waals surface area (Å²) in [6, 6.07) is 0. The van der Waals surface area contributed by atoms with Crippen molar-refractivity contribution in [3.05, 3.63) is 0 Å². The number of sulfonamides is 1. The van der Waals surface area contributed by atoms with E-state index in [-0.39, 0.29) is 42.0 Å². The van der Waals surface area contributed by atoms with Crippen molar-refractivity contribution in [2.75, 3.05) is 62.8 Å². The lowest BCUT2D eigenvalue weighted by atomic mass is 10.2. The molecule has 2 fully saturated rings. The number of aliphatic imine (C=N–C) groups is 1. The van der Waals surface area contributed by atoms with Crippen molar-refractivity contribution in [1.82, 2.24) is 14.5 Å². The van der Waals surface area contributed by atoms with E-state index < -0.39 is 24.6 Å². The molecule has 2 rings (SSSR count). The van der Waals surface area contributed by atoms with Crippen molar-refractivity contribution in [3.8, 4) is 0 Å². The highest BCUT2D eigenvalue weighted by atomic mass is 127. The van der Waals surface area contributed by atoms with Crippen LogP contribution < -0.4 is 5.32 Å². The Kier molecular flexibility index (Phi) is 8.96. The molecule has 0 saturated carbocycles. The van der Waals surface area contributed by atoms with Crippen molar-refractivity contribution in [3.63, 3.8) is 0 Å². The quantitative estimate of drug-likeness (QED) is 0.306. The Balaban J connectivity index is 0.00000338. The molecule has 0 bridgehead atoms. The van der Waals surface area contributed by atoms with Crippen molar-refractivity contribution >= 4 is 61.6 Å². The van der Waals surface area contributed by atoms with Gasteiger partial charge in [0.25, 0.3) is 0 Å². The summed E-state index contributed by atoms with van der Waals surface area (Å²) in [7, 11) is -4.77. The zero-order valence-electron chi connectivity index (χ0n) is 15.5. The Labute approximate surface area is 178 Å². The van der Waals surface area contributed by atoms with Gasteiger partial charge in [0, 0.05) is 51.3 Å². The summed E-state index contributed by atoms with van der Waals surface area (Å²) in [5.74, 6) is 2.31. The second-order valence-corrected chi connectivity index (χ2v) is 12.9. The van der Waals surface area contributed by atoms with E-state index in [1.807, 2.05) is 4.90 Å². The fraction of sp³-hybridized carbons (Fsp3) is 0.929. The summed E-state index contributed by atoms with van der Waals surface area (Å²) < 4.78 is 49.6. The standard InChI is InChI=1S/C14H28N4O4S3.HI/c1-14(2)12-17(7-11-24(14,19)20)13(15-3)16-4-10-25(21,22)18-5-8-23-9-6-18;/h4-12H2,1-3H3,(H,15,16);1H. The maximum atomic E-state index is 12.4. The molecule has 0 aromatic heterocycles. The number of sulfone groups is 1. The molecule has 0 aliphatic carbocycles. The number of rotatable bonds is 4. The summed E-state index contributed by atoms with van der Waals surface area (Å²) in [5.41, 5.74) is 0. The predicted molar refractivity (Wildman–Crippen MR) is 119 cm³/mol. The normalized spacial score (nSPS) is 24.0. The summed E-state index contributed by atoms with van der Waals surface area (Å²) in [6.45, 7) is 5.51. The number of guanidine groups is 1. The van der Waals surface area contributed by atoms with E-state index in [4.69, 9.17) is 0 Å². The number of thioether (sulfide) groups is 1. The molecule has 0 aromatic rings. The molecule has 154 valence electrons. The van der Waals surface area contributed by atoms with E-state index in [2.05, 4.69) is 10.3 Å². The van der Waals surface area contributed by atoms with Gasteiger partial charge in [0.05, 0.1) is 16.3 Å². The van der Waals surface area contributed by atoms with Crippen molar-refractivity contribution in [1.29, 1.82) is 0 Å². The maximum Gasteiger partial charge on any atom is 0.215 e. The van der Waals surface area contributed by atoms with Crippen LogP contribution in [-0.4, -0.2) is 99.5 Å². The SMILES string of the molecule is CN=C(NCCS(=O)(=O)N1CCSCC1)N1CCS(=O)(=O)C(C)(C)C1.I. The van der Waals surface area contributed by atoms with Gasteiger partial charge in [-0.3, -0.25) is 4.99 Å². The Morgan fingerprint density at radius 1 is 1.23 bits per heavy atom. The Hall–Kier alpha value is 0.210. The fourth-order valence-electron chi connectivity index (χ4n) is 2.90. The number of hydrogen-bond donors (Lipinski definition) is 1. The van der Waals surface area contributed by atoms with Crippen LogP contribution in [0.15, 0.2) is 4.99 Å². The molecule has 26 heavy (non-hydrogen) atoms. The minimum absolute atomic E-state index is 0. The Morgan fingerprint density at radius 3 is 2.38 bits per heavy atom. The van der Waals surface area contributed by atoms with E-state index in [1.54, 1.807) is 37.0 Å². The molecule has 8 nitrogen and oxygen atoms in total. The van der Waals surface area contributed by atoms with Gasteiger partial charge in [0.1, 0.15) is 0 Å². The molecule has 0 unspecified atom stereocenters. The van der Waals surface area contributed by atoms with Crippen LogP contribution in [0.3, 0.4) is 0 Å². The molecule has 2 aliphatic heterocycles. The van der Waals surface area contributed by atoms with Gasteiger partial charge in [0.15, 0.2) is 15.8 Å². The average Bonchev–Trinajstić information content (AvgIpc) is 2.55. The zero-order chi connectivity index (χ0) is 18.7. The molecule has 1 N–H and O–H groups in total. The van der Waals surface area contributed by atoms with Crippen LogP contribution in [0.5, 0.6) is 0 Å². The van der Waals surface area contributed by atoms with Gasteiger partial charge in [0.2, 0.25) is 10.0 Å². The maximum absolute atomic E-state index is 12.4. The third-order valence-electron chi connectivity index (χ3n) is 4.56. The first-order valence-electron chi connectivity index (χ1n) is 8.32. The van der Waals surface area contributed by atoms with E-state index in [0.29, 0.717) is 32.1 Å². The van der Waals surface area contributed by atoms with Crippen LogP contribution in [0.2, 0.25) is 0 Å². The molecular formula is C14H29IN4O4S3. The fourth-order valence-corrected chi connectivity index (χ4v) is 6.76. The number of hydrogen-bond acceptors (Lipinski definition) is 6. The van der Waals surface area contributed by atoms with Crippen LogP contribution in [-0.2, 0) is 19.9 Å². The highest BCUT2D eigenvalue weighted by Gasteiger charge is 2.41. The van der Waals surface area contributed by atoms with Crippen molar-refractivity contribution in [2.24, 2.45) is 4.99 Å². The lowest BCUT2D eigenvalue weighted by Crippen LogP contribution is -2.57. The molecule has 0 spiro atoms. The smallest absolute Gasteiger partial charge is 0.215 e. The Morgan fingerprint density at radius 2 is 1.85 bits per heavy atom. The van der Waals surface area contributed by atoms with Gasteiger partial charge >= 0.3 is 0 Å². The van der Waals surface area contributed by atoms with Crippen molar-refractivity contribution < 1.29 is 16.8 Å². The molecule has 12 heteroatoms. The Bertz CT molecular complexity index is 704. The van der Waals surface area contributed by atoms with Gasteiger partial charge in [-0.1, -0.05) is 0 Å². The highest BCUT2D eigenvalue weighted by molar-refractivity contribution is 14.0. The van der Waals surface area contributed by atoms with Crippen LogP contribution in [0, 0.1) is 0 Å². The third-order valence-corrected chi connectivity index (χ3v) is 9.91. The minimum Gasteiger partial charge on any atom is -0.355 e. The zero-order valence-corrected chi connectivity index (χ0v) is 20.3. The van der Waals surface area contributed by atoms with Crippen LogP contribution in [0.1, 0.15) is 13.8 Å². The van der Waals surface area contributed by atoms with Crippen LogP contribution >= 0.6 is 35.7 Å². The summed E-state index contributed by atoms with van der Waals surface area (Å²) >= 11 is 1.77. The summed E-state index contributed by atoms with van der Waals surface area (Å²) in [5, 5.41) is 3.07. The van der Waals surface area contributed by atoms with Gasteiger partial charge in [-0.2, -0.15) is 11.8 Å². The van der Waals surface area contributed by atoms with Gasteiger partial charge in [-0.05, 0) is 13.8 Å². The molecule has 2 saturated heterocycles. The third kappa shape index (κ3) is 5.85. The highest BCUT2D eigenvalue weighted by Crippen LogP contribution is 2.23.